The molecule has 0 saturated carbocycles. The van der Waals surface area contributed by atoms with Gasteiger partial charge < -0.3 is 14.6 Å². The van der Waals surface area contributed by atoms with Gasteiger partial charge in [-0.15, -0.1) is 0 Å². The van der Waals surface area contributed by atoms with Crippen molar-refractivity contribution in [1.82, 2.24) is 14.3 Å². The summed E-state index contributed by atoms with van der Waals surface area (Å²) in [6.07, 6.45) is 5.85. The monoisotopic (exact) mass is 470 g/mol. The van der Waals surface area contributed by atoms with Crippen molar-refractivity contribution < 1.29 is 4.74 Å². The topological polar surface area (TPSA) is 44.0 Å². The number of benzene rings is 2. The second-order valence-corrected chi connectivity index (χ2v) is 7.87. The lowest BCUT2D eigenvalue weighted by molar-refractivity contribution is 0.299. The number of hydrogen-bond acceptors (Lipinski definition) is 3. The minimum Gasteiger partial charge on any atom is -0.491 e. The molecule has 0 unspecified atom stereocenters. The van der Waals surface area contributed by atoms with E-state index in [-0.39, 0.29) is 0 Å². The Balaban J connectivity index is 1.62. The van der Waals surface area contributed by atoms with Gasteiger partial charge in [0, 0.05) is 41.4 Å². The van der Waals surface area contributed by atoms with Gasteiger partial charge in [-0.3, -0.25) is 4.68 Å². The van der Waals surface area contributed by atoms with E-state index in [9.17, 15) is 0 Å². The highest BCUT2D eigenvalue weighted by molar-refractivity contribution is 9.10. The van der Waals surface area contributed by atoms with Crippen molar-refractivity contribution in [3.8, 4) is 17.0 Å². The summed E-state index contributed by atoms with van der Waals surface area (Å²) >= 11 is 9.60. The minimum atomic E-state index is 0.571. The fraction of sp³-hybridized carbons (Fsp3) is 0.136. The van der Waals surface area contributed by atoms with E-state index in [1.165, 1.54) is 0 Å². The number of ether oxygens (including phenoxy) is 1. The molecule has 4 aromatic rings. The maximum atomic E-state index is 6.14. The summed E-state index contributed by atoms with van der Waals surface area (Å²) in [6.45, 7) is 1.35. The molecule has 2 heterocycles. The molecule has 0 bridgehead atoms. The van der Waals surface area contributed by atoms with Crippen molar-refractivity contribution in [1.29, 1.82) is 0 Å². The summed E-state index contributed by atoms with van der Waals surface area (Å²) < 4.78 is 11.0. The molecule has 4 rings (SSSR count). The molecule has 0 amide bonds. The minimum absolute atomic E-state index is 0.571. The average molecular weight is 472 g/mol. The maximum Gasteiger partial charge on any atom is 0.128 e. The van der Waals surface area contributed by atoms with Crippen LogP contribution in [0.1, 0.15) is 0 Å². The van der Waals surface area contributed by atoms with Crippen LogP contribution in [0.3, 0.4) is 0 Å². The highest BCUT2D eigenvalue weighted by Gasteiger charge is 2.15. The Bertz CT molecular complexity index is 1070. The van der Waals surface area contributed by atoms with E-state index in [1.807, 2.05) is 72.7 Å². The van der Waals surface area contributed by atoms with Gasteiger partial charge in [0.2, 0.25) is 0 Å². The van der Waals surface area contributed by atoms with Crippen LogP contribution in [0.5, 0.6) is 5.75 Å². The first kappa shape index (κ1) is 19.6. The molecule has 148 valence electrons. The van der Waals surface area contributed by atoms with Crippen molar-refractivity contribution in [2.45, 2.75) is 6.54 Å². The third-order valence-corrected chi connectivity index (χ3v) is 5.37. The number of rotatable bonds is 7. The summed E-state index contributed by atoms with van der Waals surface area (Å²) in [6, 6.07) is 17.7. The number of hydrogen-bond donors (Lipinski definition) is 1. The van der Waals surface area contributed by atoms with Crippen LogP contribution in [-0.4, -0.2) is 21.0 Å². The summed E-state index contributed by atoms with van der Waals surface area (Å²) in [7, 11) is 1.92. The predicted molar refractivity (Wildman–Crippen MR) is 121 cm³/mol. The first-order valence-electron chi connectivity index (χ1n) is 9.18. The van der Waals surface area contributed by atoms with Gasteiger partial charge in [-0.2, -0.15) is 5.10 Å². The molecule has 0 atom stereocenters. The third kappa shape index (κ3) is 4.66. The molecule has 2 aromatic carbocycles. The standard InChI is InChI=1S/C22H20BrClN4O/c1-27-22(20(23)15-25-27)19-14-18(26-17-6-4-16(24)5-7-17)8-9-21(19)29-13-12-28-10-2-3-11-28/h2-11,14-15,26H,12-13H2,1H3. The Kier molecular flexibility index (Phi) is 5.92. The van der Waals surface area contributed by atoms with Crippen LogP contribution in [0.2, 0.25) is 5.02 Å². The quantitative estimate of drug-likeness (QED) is 0.353. The molecule has 1 N–H and O–H groups in total. The lowest BCUT2D eigenvalue weighted by Gasteiger charge is -2.15. The van der Waals surface area contributed by atoms with Crippen LogP contribution >= 0.6 is 27.5 Å². The molecular weight excluding hydrogens is 452 g/mol. The predicted octanol–water partition coefficient (Wildman–Crippen LogP) is 6.13. The van der Waals surface area contributed by atoms with E-state index in [4.69, 9.17) is 16.3 Å². The molecule has 7 heteroatoms. The number of nitrogens with zero attached hydrogens (tertiary/aromatic N) is 3. The largest absolute Gasteiger partial charge is 0.491 e. The smallest absolute Gasteiger partial charge is 0.128 e. The second kappa shape index (κ2) is 8.76. The van der Waals surface area contributed by atoms with Crippen LogP contribution in [0.4, 0.5) is 11.4 Å². The Morgan fingerprint density at radius 3 is 2.48 bits per heavy atom. The normalized spacial score (nSPS) is 10.9. The van der Waals surface area contributed by atoms with Gasteiger partial charge in [-0.05, 0) is 70.5 Å². The first-order chi connectivity index (χ1) is 14.1. The molecule has 2 aromatic heterocycles. The van der Waals surface area contributed by atoms with Crippen molar-refractivity contribution in [3.63, 3.8) is 0 Å². The van der Waals surface area contributed by atoms with E-state index in [2.05, 4.69) is 37.0 Å². The number of anilines is 2. The van der Waals surface area contributed by atoms with E-state index >= 15 is 0 Å². The Morgan fingerprint density at radius 1 is 1.07 bits per heavy atom. The lowest BCUT2D eigenvalue weighted by Crippen LogP contribution is -2.07. The molecule has 0 aliphatic heterocycles. The van der Waals surface area contributed by atoms with Crippen molar-refractivity contribution in [2.75, 3.05) is 11.9 Å². The van der Waals surface area contributed by atoms with Gasteiger partial charge in [0.1, 0.15) is 12.4 Å². The molecule has 0 fully saturated rings. The highest BCUT2D eigenvalue weighted by atomic mass is 79.9. The van der Waals surface area contributed by atoms with Crippen LogP contribution in [0.15, 0.2) is 77.7 Å². The fourth-order valence-corrected chi connectivity index (χ4v) is 3.80. The fourth-order valence-electron chi connectivity index (χ4n) is 3.11. The average Bonchev–Trinajstić information content (AvgIpc) is 3.34. The molecule has 0 aliphatic rings. The number of nitrogens with one attached hydrogen (secondary N) is 1. The summed E-state index contributed by atoms with van der Waals surface area (Å²) in [5.74, 6) is 0.808. The van der Waals surface area contributed by atoms with Gasteiger partial charge in [0.15, 0.2) is 0 Å². The van der Waals surface area contributed by atoms with Crippen LogP contribution < -0.4 is 10.1 Å². The van der Waals surface area contributed by atoms with Gasteiger partial charge in [0.25, 0.3) is 0 Å². The number of aromatic nitrogens is 3. The number of halogens is 2. The zero-order valence-electron chi connectivity index (χ0n) is 15.8. The molecule has 0 aliphatic carbocycles. The summed E-state index contributed by atoms with van der Waals surface area (Å²) in [5, 5.41) is 8.48. The van der Waals surface area contributed by atoms with Crippen LogP contribution in [0, 0.1) is 0 Å². The van der Waals surface area contributed by atoms with Gasteiger partial charge in [0.05, 0.1) is 22.9 Å². The van der Waals surface area contributed by atoms with Crippen LogP contribution in [-0.2, 0) is 13.6 Å². The first-order valence-corrected chi connectivity index (χ1v) is 10.4. The van der Waals surface area contributed by atoms with Crippen molar-refractivity contribution in [2.24, 2.45) is 7.05 Å². The van der Waals surface area contributed by atoms with E-state index in [1.54, 1.807) is 6.20 Å². The number of aryl methyl sites for hydroxylation is 1. The third-order valence-electron chi connectivity index (χ3n) is 4.53. The maximum absolute atomic E-state index is 6.14. The van der Waals surface area contributed by atoms with Gasteiger partial charge >= 0.3 is 0 Å². The molecule has 0 spiro atoms. The van der Waals surface area contributed by atoms with Crippen molar-refractivity contribution in [3.05, 3.63) is 82.7 Å². The van der Waals surface area contributed by atoms with E-state index < -0.39 is 0 Å². The second-order valence-electron chi connectivity index (χ2n) is 6.58. The molecule has 0 saturated heterocycles. The Labute approximate surface area is 183 Å². The molecule has 29 heavy (non-hydrogen) atoms. The van der Waals surface area contributed by atoms with Crippen LogP contribution in [0.25, 0.3) is 11.3 Å². The van der Waals surface area contributed by atoms with E-state index in [0.717, 1.165) is 39.4 Å². The lowest BCUT2D eigenvalue weighted by atomic mass is 10.1. The molecular formula is C22H20BrClN4O. The zero-order valence-corrected chi connectivity index (χ0v) is 18.2. The molecule has 0 radical (unpaired) electrons. The Morgan fingerprint density at radius 2 is 1.79 bits per heavy atom. The van der Waals surface area contributed by atoms with Gasteiger partial charge in [-0.25, -0.2) is 0 Å². The highest BCUT2D eigenvalue weighted by Crippen LogP contribution is 2.37. The Hall–Kier alpha value is -2.70. The summed E-state index contributed by atoms with van der Waals surface area (Å²) in [5.41, 5.74) is 3.84. The van der Waals surface area contributed by atoms with Gasteiger partial charge in [-0.1, -0.05) is 11.6 Å². The zero-order chi connectivity index (χ0) is 20.2. The van der Waals surface area contributed by atoms with Crippen molar-refractivity contribution >= 4 is 38.9 Å². The molecule has 5 nitrogen and oxygen atoms in total. The SMILES string of the molecule is Cn1ncc(Br)c1-c1cc(Nc2ccc(Cl)cc2)ccc1OCCn1cccc1. The van der Waals surface area contributed by atoms with E-state index in [0.29, 0.717) is 11.6 Å². The summed E-state index contributed by atoms with van der Waals surface area (Å²) in [4.78, 5) is 0.